The lowest BCUT2D eigenvalue weighted by Gasteiger charge is -2.19. The molecule has 0 radical (unpaired) electrons. The van der Waals surface area contributed by atoms with Gasteiger partial charge >= 0.3 is 0 Å². The van der Waals surface area contributed by atoms with Crippen molar-refractivity contribution < 1.29 is 0 Å². The predicted octanol–water partition coefficient (Wildman–Crippen LogP) is 4.86. The third kappa shape index (κ3) is 2.95. The second-order valence-corrected chi connectivity index (χ2v) is 5.94. The molecular weight excluding hydrogens is 375 g/mol. The molecule has 2 aromatic heterocycles. The first-order valence-electron chi connectivity index (χ1n) is 6.04. The van der Waals surface area contributed by atoms with E-state index in [1.165, 1.54) is 0 Å². The summed E-state index contributed by atoms with van der Waals surface area (Å²) in [4.78, 5) is 14.8. The van der Waals surface area contributed by atoms with Gasteiger partial charge in [0.05, 0.1) is 5.52 Å². The highest BCUT2D eigenvalue weighted by molar-refractivity contribution is 9.10. The molecule has 3 aromatic rings. The average molecular weight is 384 g/mol. The number of hydrogen-bond donors (Lipinski definition) is 0. The van der Waals surface area contributed by atoms with Gasteiger partial charge in [0.25, 0.3) is 0 Å². The molecule has 0 unspecified atom stereocenters. The highest BCUT2D eigenvalue weighted by Gasteiger charge is 2.14. The first kappa shape index (κ1) is 14.5. The second kappa shape index (κ2) is 5.75. The highest BCUT2D eigenvalue weighted by Crippen LogP contribution is 2.30. The number of fused-ring (bicyclic) bond motifs is 1. The van der Waals surface area contributed by atoms with Crippen molar-refractivity contribution in [1.82, 2.24) is 15.0 Å². The number of aromatic nitrogens is 3. The Hall–Kier alpha value is -1.43. The fraction of sp³-hybridized carbons (Fsp3) is 0.0714. The van der Waals surface area contributed by atoms with Crippen LogP contribution in [0.2, 0.25) is 10.3 Å². The second-order valence-electron chi connectivity index (χ2n) is 4.36. The van der Waals surface area contributed by atoms with E-state index in [1.54, 1.807) is 12.1 Å². The molecule has 0 spiro atoms. The van der Waals surface area contributed by atoms with Crippen LogP contribution in [-0.2, 0) is 0 Å². The van der Waals surface area contributed by atoms with Gasteiger partial charge in [-0.05, 0) is 57.9 Å². The third-order valence-corrected chi connectivity index (χ3v) is 3.82. The molecule has 1 aromatic carbocycles. The van der Waals surface area contributed by atoms with Crippen LogP contribution in [0.25, 0.3) is 10.9 Å². The van der Waals surface area contributed by atoms with E-state index in [0.717, 1.165) is 15.8 Å². The van der Waals surface area contributed by atoms with Crippen molar-refractivity contribution >= 4 is 61.7 Å². The van der Waals surface area contributed by atoms with Crippen LogP contribution in [0.5, 0.6) is 0 Å². The molecule has 4 nitrogen and oxygen atoms in total. The zero-order valence-electron chi connectivity index (χ0n) is 10.9. The van der Waals surface area contributed by atoms with Gasteiger partial charge in [-0.2, -0.15) is 4.98 Å². The maximum atomic E-state index is 6.02. The molecule has 3 rings (SSSR count). The molecule has 2 heterocycles. The van der Waals surface area contributed by atoms with Gasteiger partial charge < -0.3 is 4.90 Å². The molecule has 0 N–H and O–H groups in total. The van der Waals surface area contributed by atoms with Crippen LogP contribution < -0.4 is 4.90 Å². The van der Waals surface area contributed by atoms with Gasteiger partial charge in [-0.1, -0.05) is 17.7 Å². The van der Waals surface area contributed by atoms with Crippen molar-refractivity contribution in [3.8, 4) is 0 Å². The molecule has 0 aliphatic heterocycles. The first-order valence-corrected chi connectivity index (χ1v) is 7.58. The fourth-order valence-corrected chi connectivity index (χ4v) is 2.68. The minimum absolute atomic E-state index is 0.168. The molecular formula is C14H9BrCl2N4. The molecule has 0 saturated heterocycles. The molecule has 0 saturated carbocycles. The molecule has 0 fully saturated rings. The molecule has 106 valence electrons. The normalized spacial score (nSPS) is 10.9. The average Bonchev–Trinajstić information content (AvgIpc) is 2.45. The Morgan fingerprint density at radius 1 is 1.05 bits per heavy atom. The Kier molecular flexibility index (Phi) is 3.97. The number of rotatable bonds is 2. The van der Waals surface area contributed by atoms with Crippen molar-refractivity contribution in [2.45, 2.75) is 0 Å². The van der Waals surface area contributed by atoms with Crippen molar-refractivity contribution in [2.24, 2.45) is 0 Å². The van der Waals surface area contributed by atoms with Crippen LogP contribution in [0.4, 0.5) is 11.6 Å². The Morgan fingerprint density at radius 2 is 1.86 bits per heavy atom. The summed E-state index contributed by atoms with van der Waals surface area (Å²) in [7, 11) is 1.88. The monoisotopic (exact) mass is 382 g/mol. The zero-order valence-corrected chi connectivity index (χ0v) is 14.0. The fourth-order valence-electron chi connectivity index (χ4n) is 2.01. The zero-order chi connectivity index (χ0) is 15.0. The lowest BCUT2D eigenvalue weighted by molar-refractivity contribution is 1.06. The minimum atomic E-state index is 0.168. The summed E-state index contributed by atoms with van der Waals surface area (Å²) in [5.41, 5.74) is 0.694. The van der Waals surface area contributed by atoms with Gasteiger partial charge in [-0.25, -0.2) is 9.97 Å². The lowest BCUT2D eigenvalue weighted by atomic mass is 10.2. The quantitative estimate of drug-likeness (QED) is 0.468. The van der Waals surface area contributed by atoms with Gasteiger partial charge in [0.1, 0.15) is 16.2 Å². The summed E-state index contributed by atoms with van der Waals surface area (Å²) < 4.78 is 0.749. The van der Waals surface area contributed by atoms with Gasteiger partial charge in [0.15, 0.2) is 0 Å². The standard InChI is InChI=1S/C14H9BrCl2N4/c1-21(12-4-2-3-11(15)19-12)13-9-6-5-8(16)7-10(9)18-14(17)20-13/h2-7H,1H3. The Balaban J connectivity index is 2.19. The van der Waals surface area contributed by atoms with Crippen molar-refractivity contribution in [2.75, 3.05) is 11.9 Å². The van der Waals surface area contributed by atoms with E-state index in [9.17, 15) is 0 Å². The van der Waals surface area contributed by atoms with Crippen LogP contribution in [0.15, 0.2) is 41.0 Å². The first-order chi connectivity index (χ1) is 10.0. The van der Waals surface area contributed by atoms with E-state index in [1.807, 2.05) is 36.2 Å². The van der Waals surface area contributed by atoms with Gasteiger partial charge in [-0.15, -0.1) is 0 Å². The summed E-state index contributed by atoms with van der Waals surface area (Å²) in [5, 5.41) is 1.63. The third-order valence-electron chi connectivity index (χ3n) is 2.97. The maximum Gasteiger partial charge on any atom is 0.224 e. The van der Waals surface area contributed by atoms with Crippen molar-refractivity contribution in [1.29, 1.82) is 0 Å². The molecule has 0 bridgehead atoms. The molecule has 0 atom stereocenters. The number of halogens is 3. The topological polar surface area (TPSA) is 41.9 Å². The summed E-state index contributed by atoms with van der Waals surface area (Å²) in [5.74, 6) is 1.42. The van der Waals surface area contributed by atoms with Crippen LogP contribution >= 0.6 is 39.1 Å². The van der Waals surface area contributed by atoms with Crippen LogP contribution in [-0.4, -0.2) is 22.0 Å². The molecule has 0 amide bonds. The molecule has 0 aliphatic carbocycles. The predicted molar refractivity (Wildman–Crippen MR) is 89.6 cm³/mol. The van der Waals surface area contributed by atoms with E-state index in [2.05, 4.69) is 30.9 Å². The summed E-state index contributed by atoms with van der Waals surface area (Å²) in [6.07, 6.45) is 0. The van der Waals surface area contributed by atoms with Gasteiger partial charge in [0, 0.05) is 17.5 Å². The SMILES string of the molecule is CN(c1cccc(Br)n1)c1nc(Cl)nc2cc(Cl)ccc12. The summed E-state index contributed by atoms with van der Waals surface area (Å²) in [6.45, 7) is 0. The maximum absolute atomic E-state index is 6.02. The summed E-state index contributed by atoms with van der Waals surface area (Å²) in [6, 6.07) is 11.1. The summed E-state index contributed by atoms with van der Waals surface area (Å²) >= 11 is 15.4. The van der Waals surface area contributed by atoms with E-state index in [4.69, 9.17) is 23.2 Å². The number of hydrogen-bond acceptors (Lipinski definition) is 4. The van der Waals surface area contributed by atoms with E-state index >= 15 is 0 Å². The smallest absolute Gasteiger partial charge is 0.224 e. The van der Waals surface area contributed by atoms with E-state index in [0.29, 0.717) is 16.4 Å². The largest absolute Gasteiger partial charge is 0.313 e. The van der Waals surface area contributed by atoms with E-state index in [-0.39, 0.29) is 5.28 Å². The van der Waals surface area contributed by atoms with Crippen LogP contribution in [0.1, 0.15) is 0 Å². The minimum Gasteiger partial charge on any atom is -0.313 e. The number of nitrogens with zero attached hydrogens (tertiary/aromatic N) is 4. The number of pyridine rings is 1. The lowest BCUT2D eigenvalue weighted by Crippen LogP contribution is -2.13. The Morgan fingerprint density at radius 3 is 2.62 bits per heavy atom. The highest BCUT2D eigenvalue weighted by atomic mass is 79.9. The Bertz CT molecular complexity index is 820. The van der Waals surface area contributed by atoms with Gasteiger partial charge in [-0.3, -0.25) is 0 Å². The molecule has 21 heavy (non-hydrogen) atoms. The van der Waals surface area contributed by atoms with Crippen LogP contribution in [0, 0.1) is 0 Å². The van der Waals surface area contributed by atoms with Crippen molar-refractivity contribution in [3.05, 3.63) is 51.3 Å². The molecule has 7 heteroatoms. The van der Waals surface area contributed by atoms with E-state index < -0.39 is 0 Å². The number of benzene rings is 1. The van der Waals surface area contributed by atoms with Crippen molar-refractivity contribution in [3.63, 3.8) is 0 Å². The van der Waals surface area contributed by atoms with Crippen LogP contribution in [0.3, 0.4) is 0 Å². The Labute approximate surface area is 139 Å². The van der Waals surface area contributed by atoms with Gasteiger partial charge in [0.2, 0.25) is 5.28 Å². The molecule has 0 aliphatic rings. The number of anilines is 2.